The molecule has 1 aliphatic carbocycles. The quantitative estimate of drug-likeness (QED) is 0.575. The van der Waals surface area contributed by atoms with Gasteiger partial charge in [0.15, 0.2) is 0 Å². The molecule has 2 atom stereocenters. The Hall–Kier alpha value is -3.27. The van der Waals surface area contributed by atoms with Gasteiger partial charge in [0.05, 0.1) is 22.4 Å². The second-order valence-corrected chi connectivity index (χ2v) is 8.83. The van der Waals surface area contributed by atoms with E-state index in [0.717, 1.165) is 18.4 Å². The predicted octanol–water partition coefficient (Wildman–Crippen LogP) is 5.31. The summed E-state index contributed by atoms with van der Waals surface area (Å²) < 4.78 is 28.8. The standard InChI is InChI=1S/C24H23F2N5/c1-5-14-12-23(2,3)24(4,22-28-10-9-15(13-27)29-22)21-16(14)11-19(30-31-21)20-17(25)7-6-8-18(20)26/h6-11,14H,5,12H2,1-4H3/t14-,24-/m1/s1. The lowest BCUT2D eigenvalue weighted by Gasteiger charge is -2.49. The molecule has 0 spiro atoms. The molecule has 2 heterocycles. The third-order valence-electron chi connectivity index (χ3n) is 6.78. The van der Waals surface area contributed by atoms with Gasteiger partial charge in [0.1, 0.15) is 29.2 Å². The monoisotopic (exact) mass is 419 g/mol. The molecule has 0 N–H and O–H groups in total. The van der Waals surface area contributed by atoms with Gasteiger partial charge in [-0.25, -0.2) is 18.7 Å². The summed E-state index contributed by atoms with van der Waals surface area (Å²) in [4.78, 5) is 8.97. The fourth-order valence-electron chi connectivity index (χ4n) is 4.66. The molecule has 0 radical (unpaired) electrons. The van der Waals surface area contributed by atoms with Crippen molar-refractivity contribution < 1.29 is 8.78 Å². The number of rotatable bonds is 3. The van der Waals surface area contributed by atoms with E-state index in [1.54, 1.807) is 18.3 Å². The normalized spacial score (nSPS) is 21.9. The van der Waals surface area contributed by atoms with Gasteiger partial charge in [-0.15, -0.1) is 5.10 Å². The van der Waals surface area contributed by atoms with Crippen LogP contribution in [0, 0.1) is 28.4 Å². The van der Waals surface area contributed by atoms with Crippen LogP contribution in [0.4, 0.5) is 8.78 Å². The summed E-state index contributed by atoms with van der Waals surface area (Å²) in [5.74, 6) is -0.717. The van der Waals surface area contributed by atoms with Crippen LogP contribution in [0.15, 0.2) is 36.5 Å². The molecular weight excluding hydrogens is 396 g/mol. The Balaban J connectivity index is 1.98. The zero-order valence-corrected chi connectivity index (χ0v) is 17.9. The van der Waals surface area contributed by atoms with E-state index in [2.05, 4.69) is 47.0 Å². The molecule has 7 heteroatoms. The summed E-state index contributed by atoms with van der Waals surface area (Å²) in [6, 6.07) is 9.14. The first-order valence-electron chi connectivity index (χ1n) is 10.3. The van der Waals surface area contributed by atoms with Crippen molar-refractivity contribution in [3.8, 4) is 17.3 Å². The van der Waals surface area contributed by atoms with Gasteiger partial charge >= 0.3 is 0 Å². The van der Waals surface area contributed by atoms with Crippen LogP contribution in [0.3, 0.4) is 0 Å². The summed E-state index contributed by atoms with van der Waals surface area (Å²) >= 11 is 0. The van der Waals surface area contributed by atoms with Gasteiger partial charge in [-0.2, -0.15) is 10.4 Å². The molecule has 158 valence electrons. The summed E-state index contributed by atoms with van der Waals surface area (Å²) in [6.45, 7) is 8.36. The van der Waals surface area contributed by atoms with Gasteiger partial charge in [0, 0.05) is 6.20 Å². The number of aromatic nitrogens is 4. The molecule has 0 bridgehead atoms. The highest BCUT2D eigenvalue weighted by molar-refractivity contribution is 5.62. The first-order valence-corrected chi connectivity index (χ1v) is 10.3. The third kappa shape index (κ3) is 3.18. The third-order valence-corrected chi connectivity index (χ3v) is 6.78. The lowest BCUT2D eigenvalue weighted by atomic mass is 9.55. The Morgan fingerprint density at radius 3 is 2.48 bits per heavy atom. The van der Waals surface area contributed by atoms with Gasteiger partial charge in [-0.05, 0) is 60.9 Å². The van der Waals surface area contributed by atoms with Crippen LogP contribution < -0.4 is 0 Å². The lowest BCUT2D eigenvalue weighted by molar-refractivity contribution is 0.148. The van der Waals surface area contributed by atoms with E-state index in [0.29, 0.717) is 11.5 Å². The van der Waals surface area contributed by atoms with Crippen molar-refractivity contribution in [2.75, 3.05) is 0 Å². The molecule has 2 aromatic heterocycles. The molecule has 0 aliphatic heterocycles. The number of hydrogen-bond donors (Lipinski definition) is 0. The van der Waals surface area contributed by atoms with E-state index in [-0.39, 0.29) is 28.3 Å². The highest BCUT2D eigenvalue weighted by Gasteiger charge is 2.53. The highest BCUT2D eigenvalue weighted by atomic mass is 19.1. The van der Waals surface area contributed by atoms with Crippen LogP contribution >= 0.6 is 0 Å². The van der Waals surface area contributed by atoms with Crippen LogP contribution in [0.1, 0.15) is 69.2 Å². The van der Waals surface area contributed by atoms with Crippen LogP contribution in [0.25, 0.3) is 11.3 Å². The number of nitrogens with zero attached hydrogens (tertiary/aromatic N) is 5. The minimum atomic E-state index is -0.736. The number of fused-ring (bicyclic) bond motifs is 1. The van der Waals surface area contributed by atoms with Crippen LogP contribution in [-0.4, -0.2) is 20.2 Å². The molecule has 0 saturated heterocycles. The molecular formula is C24H23F2N5. The van der Waals surface area contributed by atoms with E-state index in [4.69, 9.17) is 0 Å². The summed E-state index contributed by atoms with van der Waals surface area (Å²) in [5, 5.41) is 18.1. The summed E-state index contributed by atoms with van der Waals surface area (Å²) in [7, 11) is 0. The topological polar surface area (TPSA) is 75.3 Å². The molecule has 0 unspecified atom stereocenters. The van der Waals surface area contributed by atoms with Crippen LogP contribution in [-0.2, 0) is 5.41 Å². The van der Waals surface area contributed by atoms with E-state index in [9.17, 15) is 14.0 Å². The van der Waals surface area contributed by atoms with E-state index >= 15 is 0 Å². The molecule has 0 saturated carbocycles. The molecule has 4 rings (SSSR count). The average molecular weight is 419 g/mol. The first-order chi connectivity index (χ1) is 14.7. The Morgan fingerprint density at radius 1 is 1.13 bits per heavy atom. The molecule has 0 amide bonds. The van der Waals surface area contributed by atoms with Crippen molar-refractivity contribution in [2.24, 2.45) is 5.41 Å². The Labute approximate surface area is 180 Å². The van der Waals surface area contributed by atoms with Gasteiger partial charge in [-0.1, -0.05) is 26.8 Å². The Kier molecular flexibility index (Phi) is 5.04. The van der Waals surface area contributed by atoms with Crippen molar-refractivity contribution in [3.05, 3.63) is 70.9 Å². The number of benzene rings is 1. The fourth-order valence-corrected chi connectivity index (χ4v) is 4.66. The molecule has 5 nitrogen and oxygen atoms in total. The highest BCUT2D eigenvalue weighted by Crippen LogP contribution is 2.56. The zero-order valence-electron chi connectivity index (χ0n) is 17.9. The van der Waals surface area contributed by atoms with Gasteiger partial charge < -0.3 is 0 Å². The van der Waals surface area contributed by atoms with Gasteiger partial charge in [0.2, 0.25) is 0 Å². The van der Waals surface area contributed by atoms with Crippen molar-refractivity contribution in [3.63, 3.8) is 0 Å². The molecule has 0 fully saturated rings. The SMILES string of the molecule is CC[C@@H]1CC(C)(C)[C@@](C)(c2nccc(C#N)n2)c2nnc(-c3c(F)cccc3F)cc21. The lowest BCUT2D eigenvalue weighted by Crippen LogP contribution is -2.47. The largest absolute Gasteiger partial charge is 0.240 e. The van der Waals surface area contributed by atoms with E-state index in [1.165, 1.54) is 18.2 Å². The second-order valence-electron chi connectivity index (χ2n) is 8.83. The first kappa shape index (κ1) is 21.0. The smallest absolute Gasteiger partial charge is 0.144 e. The Bertz CT molecular complexity index is 1180. The Morgan fingerprint density at radius 2 is 1.84 bits per heavy atom. The van der Waals surface area contributed by atoms with Crippen LogP contribution in [0.2, 0.25) is 0 Å². The van der Waals surface area contributed by atoms with Gasteiger partial charge in [-0.3, -0.25) is 0 Å². The van der Waals surface area contributed by atoms with Crippen molar-refractivity contribution >= 4 is 0 Å². The average Bonchev–Trinajstić information content (AvgIpc) is 2.76. The van der Waals surface area contributed by atoms with E-state index < -0.39 is 17.0 Å². The van der Waals surface area contributed by atoms with Crippen LogP contribution in [0.5, 0.6) is 0 Å². The maximum atomic E-state index is 14.4. The molecule has 3 aromatic rings. The van der Waals surface area contributed by atoms with Crippen molar-refractivity contribution in [2.45, 2.75) is 51.9 Å². The van der Waals surface area contributed by atoms with Crippen molar-refractivity contribution in [1.82, 2.24) is 20.2 Å². The maximum absolute atomic E-state index is 14.4. The molecule has 1 aromatic carbocycles. The predicted molar refractivity (Wildman–Crippen MR) is 112 cm³/mol. The minimum Gasteiger partial charge on any atom is -0.240 e. The zero-order chi connectivity index (χ0) is 22.4. The summed E-state index contributed by atoms with van der Waals surface area (Å²) in [6.07, 6.45) is 3.22. The van der Waals surface area contributed by atoms with Crippen molar-refractivity contribution in [1.29, 1.82) is 5.26 Å². The number of hydrogen-bond acceptors (Lipinski definition) is 5. The van der Waals surface area contributed by atoms with E-state index in [1.807, 2.05) is 6.92 Å². The van der Waals surface area contributed by atoms with Gasteiger partial charge in [0.25, 0.3) is 0 Å². The molecule has 31 heavy (non-hydrogen) atoms. The second kappa shape index (κ2) is 7.45. The minimum absolute atomic E-state index is 0.140. The number of nitriles is 1. The fraction of sp³-hybridized carbons (Fsp3) is 0.375. The molecule has 1 aliphatic rings. The summed E-state index contributed by atoms with van der Waals surface area (Å²) in [5.41, 5.74) is 0.811. The maximum Gasteiger partial charge on any atom is 0.144 e. The number of halogens is 2.